The zero-order valence-corrected chi connectivity index (χ0v) is 15.6. The van der Waals surface area contributed by atoms with Gasteiger partial charge in [-0.2, -0.15) is 0 Å². The van der Waals surface area contributed by atoms with E-state index in [1.165, 1.54) is 6.92 Å². The highest BCUT2D eigenvalue weighted by atomic mass is 16.4. The highest BCUT2D eigenvalue weighted by molar-refractivity contribution is 5.95. The van der Waals surface area contributed by atoms with Crippen LogP contribution in [0.5, 0.6) is 0 Å². The monoisotopic (exact) mass is 406 g/mol. The molecule has 0 saturated carbocycles. The maximum absolute atomic E-state index is 12.3. The van der Waals surface area contributed by atoms with Crippen molar-refractivity contribution in [3.8, 4) is 0 Å². The number of aliphatic hydroxyl groups excluding tert-OH is 2. The second-order valence-corrected chi connectivity index (χ2v) is 6.24. The fourth-order valence-corrected chi connectivity index (χ4v) is 1.98. The molecule has 0 spiro atoms. The summed E-state index contributed by atoms with van der Waals surface area (Å²) < 4.78 is 0. The molecule has 0 fully saturated rings. The Bertz CT molecular complexity index is 606. The Morgan fingerprint density at radius 3 is 1.61 bits per heavy atom. The number of rotatable bonds is 11. The van der Waals surface area contributed by atoms with E-state index in [4.69, 9.17) is 15.9 Å². The first-order valence-corrected chi connectivity index (χ1v) is 8.25. The van der Waals surface area contributed by atoms with E-state index in [0.717, 1.165) is 13.8 Å². The fourth-order valence-electron chi connectivity index (χ4n) is 1.98. The molecule has 0 saturated heterocycles. The van der Waals surface area contributed by atoms with Crippen molar-refractivity contribution in [2.45, 2.75) is 63.6 Å². The number of hydrogen-bond acceptors (Lipinski definition) is 8. The van der Waals surface area contributed by atoms with E-state index in [0.29, 0.717) is 0 Å². The van der Waals surface area contributed by atoms with Gasteiger partial charge in [0.2, 0.25) is 17.7 Å². The molecule has 0 aliphatic heterocycles. The minimum absolute atomic E-state index is 0.820. The molecular weight excluding hydrogens is 380 g/mol. The van der Waals surface area contributed by atoms with Crippen molar-refractivity contribution in [2.24, 2.45) is 5.73 Å². The summed E-state index contributed by atoms with van der Waals surface area (Å²) in [7, 11) is 0. The molecule has 9 N–H and O–H groups in total. The number of nitrogens with one attached hydrogen (secondary N) is 3. The maximum Gasteiger partial charge on any atom is 0.328 e. The van der Waals surface area contributed by atoms with Gasteiger partial charge in [-0.05, 0) is 20.8 Å². The molecule has 3 amide bonds. The van der Waals surface area contributed by atoms with Crippen LogP contribution in [0.4, 0.5) is 0 Å². The highest BCUT2D eigenvalue weighted by Crippen LogP contribution is 2.01. The third-order valence-corrected chi connectivity index (χ3v) is 3.53. The zero-order valence-electron chi connectivity index (χ0n) is 15.6. The summed E-state index contributed by atoms with van der Waals surface area (Å²) in [6.07, 6.45) is -3.82. The van der Waals surface area contributed by atoms with Crippen LogP contribution in [0.2, 0.25) is 0 Å². The van der Waals surface area contributed by atoms with Gasteiger partial charge >= 0.3 is 11.9 Å². The summed E-state index contributed by atoms with van der Waals surface area (Å²) in [5.74, 6) is -6.04. The number of hydrogen-bond donors (Lipinski definition) is 8. The van der Waals surface area contributed by atoms with E-state index in [9.17, 15) is 34.2 Å². The number of carbonyl (C=O) groups is 5. The number of carbonyl (C=O) groups excluding carboxylic acids is 3. The summed E-state index contributed by atoms with van der Waals surface area (Å²) in [6.45, 7) is 3.54. The molecule has 6 unspecified atom stereocenters. The van der Waals surface area contributed by atoms with Crippen LogP contribution in [0, 0.1) is 0 Å². The quantitative estimate of drug-likeness (QED) is 0.166. The summed E-state index contributed by atoms with van der Waals surface area (Å²) in [5.41, 5.74) is 5.35. The lowest BCUT2D eigenvalue weighted by molar-refractivity contribution is -0.146. The number of amides is 3. The van der Waals surface area contributed by atoms with Crippen molar-refractivity contribution in [1.29, 1.82) is 0 Å². The Morgan fingerprint density at radius 2 is 1.25 bits per heavy atom. The first kappa shape index (κ1) is 25.2. The van der Waals surface area contributed by atoms with Gasteiger partial charge in [0.05, 0.1) is 24.7 Å². The van der Waals surface area contributed by atoms with Crippen LogP contribution in [0.15, 0.2) is 0 Å². The predicted molar refractivity (Wildman–Crippen MR) is 92.7 cm³/mol. The number of aliphatic carboxylic acids is 2. The van der Waals surface area contributed by atoms with E-state index in [-0.39, 0.29) is 0 Å². The molecule has 13 heteroatoms. The second-order valence-electron chi connectivity index (χ2n) is 6.24. The minimum atomic E-state index is -1.71. The van der Waals surface area contributed by atoms with E-state index in [1.54, 1.807) is 0 Å². The first-order chi connectivity index (χ1) is 12.8. The SMILES string of the molecule is CC(N)C(=O)NC(CC(=O)O)C(=O)NC(C(=O)NC(C(=O)O)C(C)O)C(C)O. The van der Waals surface area contributed by atoms with Crippen molar-refractivity contribution >= 4 is 29.7 Å². The van der Waals surface area contributed by atoms with Crippen LogP contribution in [0.25, 0.3) is 0 Å². The molecule has 0 rings (SSSR count). The van der Waals surface area contributed by atoms with E-state index < -0.39 is 72.5 Å². The first-order valence-electron chi connectivity index (χ1n) is 8.25. The minimum Gasteiger partial charge on any atom is -0.481 e. The van der Waals surface area contributed by atoms with Crippen molar-refractivity contribution < 1.29 is 44.4 Å². The van der Waals surface area contributed by atoms with E-state index >= 15 is 0 Å². The number of carboxylic acids is 2. The van der Waals surface area contributed by atoms with Crippen molar-refractivity contribution in [3.63, 3.8) is 0 Å². The zero-order chi connectivity index (χ0) is 22.2. The van der Waals surface area contributed by atoms with Crippen LogP contribution in [0.1, 0.15) is 27.2 Å². The smallest absolute Gasteiger partial charge is 0.328 e. The van der Waals surface area contributed by atoms with E-state index in [1.807, 2.05) is 5.32 Å². The normalized spacial score (nSPS) is 17.2. The average Bonchev–Trinajstić information content (AvgIpc) is 2.54. The summed E-state index contributed by atoms with van der Waals surface area (Å²) >= 11 is 0. The Balaban J connectivity index is 5.37. The van der Waals surface area contributed by atoms with Gasteiger partial charge in [0, 0.05) is 0 Å². The van der Waals surface area contributed by atoms with Crippen LogP contribution in [0.3, 0.4) is 0 Å². The number of aliphatic hydroxyl groups is 2. The average molecular weight is 406 g/mol. The lowest BCUT2D eigenvalue weighted by Crippen LogP contribution is -2.61. The Kier molecular flexibility index (Phi) is 10.1. The van der Waals surface area contributed by atoms with Crippen LogP contribution < -0.4 is 21.7 Å². The van der Waals surface area contributed by atoms with Gasteiger partial charge in [-0.1, -0.05) is 0 Å². The number of carboxylic acid groups (broad SMARTS) is 2. The number of nitrogens with two attached hydrogens (primary N) is 1. The second kappa shape index (κ2) is 11.2. The molecule has 0 aromatic heterocycles. The summed E-state index contributed by atoms with van der Waals surface area (Å²) in [4.78, 5) is 58.2. The lowest BCUT2D eigenvalue weighted by atomic mass is 10.1. The van der Waals surface area contributed by atoms with Gasteiger partial charge in [0.1, 0.15) is 12.1 Å². The maximum atomic E-state index is 12.3. The van der Waals surface area contributed by atoms with Gasteiger partial charge in [0.15, 0.2) is 6.04 Å². The van der Waals surface area contributed by atoms with Crippen molar-refractivity contribution in [1.82, 2.24) is 16.0 Å². The summed E-state index contributed by atoms with van der Waals surface area (Å²) in [5, 5.41) is 43.1. The molecule has 28 heavy (non-hydrogen) atoms. The fraction of sp³-hybridized carbons (Fsp3) is 0.667. The Labute approximate surface area is 160 Å². The molecule has 0 heterocycles. The molecule has 0 aliphatic rings. The molecule has 0 aromatic carbocycles. The molecule has 160 valence electrons. The molecule has 0 aliphatic carbocycles. The van der Waals surface area contributed by atoms with Crippen molar-refractivity contribution in [2.75, 3.05) is 0 Å². The Morgan fingerprint density at radius 1 is 0.786 bits per heavy atom. The van der Waals surface area contributed by atoms with Gasteiger partial charge < -0.3 is 42.1 Å². The lowest BCUT2D eigenvalue weighted by Gasteiger charge is -2.26. The molecule has 0 bridgehead atoms. The largest absolute Gasteiger partial charge is 0.481 e. The van der Waals surface area contributed by atoms with Crippen molar-refractivity contribution in [3.05, 3.63) is 0 Å². The van der Waals surface area contributed by atoms with Crippen LogP contribution >= 0.6 is 0 Å². The summed E-state index contributed by atoms with van der Waals surface area (Å²) in [6, 6.07) is -6.03. The molecule has 6 atom stereocenters. The predicted octanol–water partition coefficient (Wildman–Crippen LogP) is -3.89. The molecule has 13 nitrogen and oxygen atoms in total. The highest BCUT2D eigenvalue weighted by Gasteiger charge is 2.34. The standard InChI is InChI=1S/C15H26N4O9/c1-5(16)12(24)17-8(4-9(22)23)13(25)18-10(6(2)20)14(26)19-11(7(3)21)15(27)28/h5-8,10-11,20-21H,4,16H2,1-3H3,(H,17,24)(H,18,25)(H,19,26)(H,22,23)(H,27,28). The van der Waals surface area contributed by atoms with Gasteiger partial charge in [-0.3, -0.25) is 19.2 Å². The third kappa shape index (κ3) is 8.28. The molecule has 0 aromatic rings. The van der Waals surface area contributed by atoms with Gasteiger partial charge in [-0.25, -0.2) is 4.79 Å². The van der Waals surface area contributed by atoms with E-state index in [2.05, 4.69) is 10.6 Å². The molecule has 0 radical (unpaired) electrons. The Hall–Kier alpha value is -2.77. The van der Waals surface area contributed by atoms with Gasteiger partial charge in [0.25, 0.3) is 0 Å². The topological polar surface area (TPSA) is 228 Å². The van der Waals surface area contributed by atoms with Gasteiger partial charge in [-0.15, -0.1) is 0 Å². The van der Waals surface area contributed by atoms with Crippen LogP contribution in [-0.4, -0.2) is 86.5 Å². The third-order valence-electron chi connectivity index (χ3n) is 3.53. The molecular formula is C15H26N4O9. The van der Waals surface area contributed by atoms with Crippen LogP contribution in [-0.2, 0) is 24.0 Å².